The lowest BCUT2D eigenvalue weighted by molar-refractivity contribution is -0.137. The van der Waals surface area contributed by atoms with Crippen molar-refractivity contribution in [3.8, 4) is 16.3 Å². The van der Waals surface area contributed by atoms with Crippen LogP contribution in [0, 0.1) is 0 Å². The summed E-state index contributed by atoms with van der Waals surface area (Å²) in [5.41, 5.74) is 2.13. The van der Waals surface area contributed by atoms with E-state index >= 15 is 0 Å². The van der Waals surface area contributed by atoms with Gasteiger partial charge in [0.1, 0.15) is 23.1 Å². The van der Waals surface area contributed by atoms with E-state index in [0.717, 1.165) is 22.2 Å². The van der Waals surface area contributed by atoms with Crippen LogP contribution in [0.2, 0.25) is 0 Å². The molecule has 10 nitrogen and oxygen atoms in total. The van der Waals surface area contributed by atoms with Crippen LogP contribution in [0.25, 0.3) is 32.4 Å². The number of carbonyl (C=O) groups is 2. The van der Waals surface area contributed by atoms with Crippen LogP contribution in [-0.4, -0.2) is 48.3 Å². The molecule has 11 heteroatoms. The Morgan fingerprint density at radius 1 is 1.09 bits per heavy atom. The molecule has 0 saturated carbocycles. The third-order valence-corrected chi connectivity index (χ3v) is 6.67. The van der Waals surface area contributed by atoms with Gasteiger partial charge < -0.3 is 25.8 Å². The number of para-hydroxylation sites is 1. The Labute approximate surface area is 195 Å². The lowest BCUT2D eigenvalue weighted by Gasteiger charge is -2.14. The lowest BCUT2D eigenvalue weighted by atomic mass is 10.0. The summed E-state index contributed by atoms with van der Waals surface area (Å²) in [5.74, 6) is -1.33. The third kappa shape index (κ3) is 3.21. The molecule has 0 saturated heterocycles. The van der Waals surface area contributed by atoms with E-state index in [1.165, 1.54) is 0 Å². The number of carbonyl (C=O) groups excluding carboxylic acids is 1. The number of anilines is 2. The highest BCUT2D eigenvalue weighted by Gasteiger charge is 2.26. The van der Waals surface area contributed by atoms with Crippen LogP contribution in [-0.2, 0) is 11.2 Å². The molecule has 1 aliphatic heterocycles. The largest absolute Gasteiger partial charge is 0.505 e. The second-order valence-corrected chi connectivity index (χ2v) is 8.84. The molecule has 3 aromatic heterocycles. The Bertz CT molecular complexity index is 1620. The van der Waals surface area contributed by atoms with Crippen molar-refractivity contribution in [1.29, 1.82) is 0 Å². The molecule has 0 fully saturated rings. The van der Waals surface area contributed by atoms with E-state index in [1.807, 2.05) is 24.3 Å². The lowest BCUT2D eigenvalue weighted by Crippen LogP contribution is -2.31. The highest BCUT2D eigenvalue weighted by atomic mass is 32.1. The van der Waals surface area contributed by atoms with Crippen molar-refractivity contribution in [3.63, 3.8) is 0 Å². The quantitative estimate of drug-likeness (QED) is 0.248. The van der Waals surface area contributed by atoms with Gasteiger partial charge in [0.2, 0.25) is 5.13 Å². The second-order valence-electron chi connectivity index (χ2n) is 7.86. The molecule has 6 rings (SSSR count). The zero-order chi connectivity index (χ0) is 23.4. The minimum absolute atomic E-state index is 0.0648. The van der Waals surface area contributed by atoms with Crippen LogP contribution < -0.4 is 10.6 Å². The van der Waals surface area contributed by atoms with Crippen molar-refractivity contribution in [2.24, 2.45) is 0 Å². The fourth-order valence-corrected chi connectivity index (χ4v) is 4.94. The molecule has 5 N–H and O–H groups in total. The van der Waals surface area contributed by atoms with Crippen molar-refractivity contribution < 1.29 is 19.8 Å². The molecule has 1 amide bonds. The number of aromatic hydroxyl groups is 1. The molecule has 5 aromatic rings. The molecule has 5 bridgehead atoms. The number of carboxylic acid groups (broad SMARTS) is 1. The van der Waals surface area contributed by atoms with E-state index < -0.39 is 17.9 Å². The average molecular weight is 472 g/mol. The number of benzene rings is 2. The van der Waals surface area contributed by atoms with E-state index in [9.17, 15) is 19.8 Å². The van der Waals surface area contributed by atoms with Gasteiger partial charge in [0.15, 0.2) is 10.8 Å². The number of phenols is 1. The van der Waals surface area contributed by atoms with Crippen molar-refractivity contribution in [1.82, 2.24) is 20.2 Å². The summed E-state index contributed by atoms with van der Waals surface area (Å²) >= 11 is 1.12. The minimum Gasteiger partial charge on any atom is -0.505 e. The number of fused-ring (bicyclic) bond motifs is 8. The first-order chi connectivity index (χ1) is 16.5. The number of H-pyrrole nitrogens is 1. The third-order valence-electron chi connectivity index (χ3n) is 5.78. The van der Waals surface area contributed by atoms with Gasteiger partial charge in [-0.1, -0.05) is 41.7 Å². The summed E-state index contributed by atoms with van der Waals surface area (Å²) in [6.07, 6.45) is 0.0648. The van der Waals surface area contributed by atoms with Gasteiger partial charge in [0, 0.05) is 28.3 Å². The maximum Gasteiger partial charge on any atom is 0.326 e. The molecule has 0 aliphatic carbocycles. The second kappa shape index (κ2) is 7.52. The number of carboxylic acids is 1. The average Bonchev–Trinajstić information content (AvgIpc) is 3.43. The first kappa shape index (κ1) is 20.1. The molecule has 168 valence electrons. The molecular weight excluding hydrogens is 456 g/mol. The monoisotopic (exact) mass is 472 g/mol. The SMILES string of the molecule is O=C1Nc2[nH]c3ccccc3c2C[C@@H](C(=O)O)Nc2nnc(s2)-c2ccc3ccc1nc3c2O. The zero-order valence-corrected chi connectivity index (χ0v) is 18.2. The van der Waals surface area contributed by atoms with Gasteiger partial charge in [-0.05, 0) is 18.2 Å². The number of aliphatic carboxylic acids is 1. The summed E-state index contributed by atoms with van der Waals surface area (Å²) < 4.78 is 0. The van der Waals surface area contributed by atoms with Crippen molar-refractivity contribution >= 4 is 56.0 Å². The number of hydrogen-bond acceptors (Lipinski definition) is 8. The van der Waals surface area contributed by atoms with Crippen LogP contribution >= 0.6 is 11.3 Å². The molecule has 0 spiro atoms. The van der Waals surface area contributed by atoms with Gasteiger partial charge in [0.05, 0.1) is 5.56 Å². The summed E-state index contributed by atoms with van der Waals surface area (Å²) in [7, 11) is 0. The van der Waals surface area contributed by atoms with Crippen LogP contribution in [0.3, 0.4) is 0 Å². The maximum atomic E-state index is 13.1. The molecule has 4 heterocycles. The zero-order valence-electron chi connectivity index (χ0n) is 17.4. The smallest absolute Gasteiger partial charge is 0.326 e. The van der Waals surface area contributed by atoms with Gasteiger partial charge >= 0.3 is 5.97 Å². The Morgan fingerprint density at radius 3 is 2.76 bits per heavy atom. The Kier molecular flexibility index (Phi) is 4.45. The van der Waals surface area contributed by atoms with Crippen molar-refractivity contribution in [2.45, 2.75) is 12.5 Å². The number of hydrogen-bond donors (Lipinski definition) is 5. The van der Waals surface area contributed by atoms with Gasteiger partial charge in [-0.15, -0.1) is 10.2 Å². The summed E-state index contributed by atoms with van der Waals surface area (Å²) in [6.45, 7) is 0. The standard InChI is InChI=1S/C23H16N6O4S/c30-18-12-7-5-10-6-8-15(24-17(10)18)20(31)27-19-13(11-3-1-2-4-14(11)25-19)9-16(22(32)33)26-23-29-28-21(12)34-23/h1-8,16,25,30H,9H2,(H,26,29)(H,27,31)(H,32,33)/t16-/m0/s1. The Morgan fingerprint density at radius 2 is 1.91 bits per heavy atom. The predicted molar refractivity (Wildman–Crippen MR) is 127 cm³/mol. The van der Waals surface area contributed by atoms with Gasteiger partial charge in [-0.3, -0.25) is 4.79 Å². The number of pyridine rings is 1. The first-order valence-corrected chi connectivity index (χ1v) is 11.2. The number of rotatable bonds is 1. The van der Waals surface area contributed by atoms with Gasteiger partial charge in [-0.25, -0.2) is 9.78 Å². The van der Waals surface area contributed by atoms with E-state index in [-0.39, 0.29) is 23.4 Å². The van der Waals surface area contributed by atoms with Crippen LogP contribution in [0.1, 0.15) is 16.1 Å². The van der Waals surface area contributed by atoms with E-state index in [4.69, 9.17) is 0 Å². The molecule has 1 aliphatic rings. The number of aromatic amines is 1. The topological polar surface area (TPSA) is 153 Å². The molecular formula is C23H16N6O4S. The Balaban J connectivity index is 1.58. The molecule has 2 aromatic carbocycles. The van der Waals surface area contributed by atoms with Crippen molar-refractivity contribution in [3.05, 3.63) is 59.8 Å². The minimum atomic E-state index is -1.08. The van der Waals surface area contributed by atoms with Gasteiger partial charge in [-0.2, -0.15) is 0 Å². The summed E-state index contributed by atoms with van der Waals surface area (Å²) in [6, 6.07) is 13.1. The highest BCUT2D eigenvalue weighted by molar-refractivity contribution is 7.18. The summed E-state index contributed by atoms with van der Waals surface area (Å²) in [4.78, 5) is 32.8. The van der Waals surface area contributed by atoms with Crippen LogP contribution in [0.5, 0.6) is 5.75 Å². The van der Waals surface area contributed by atoms with Gasteiger partial charge in [0.25, 0.3) is 5.91 Å². The molecule has 1 atom stereocenters. The first-order valence-electron chi connectivity index (χ1n) is 10.3. The number of nitrogens with zero attached hydrogens (tertiary/aromatic N) is 3. The highest BCUT2D eigenvalue weighted by Crippen LogP contribution is 2.38. The van der Waals surface area contributed by atoms with E-state index in [0.29, 0.717) is 32.5 Å². The van der Waals surface area contributed by atoms with Crippen molar-refractivity contribution in [2.75, 3.05) is 10.6 Å². The normalized spacial score (nSPS) is 15.5. The number of amides is 1. The fourth-order valence-electron chi connectivity index (χ4n) is 4.11. The molecule has 0 unspecified atom stereocenters. The van der Waals surface area contributed by atoms with Crippen LogP contribution in [0.15, 0.2) is 48.5 Å². The van der Waals surface area contributed by atoms with E-state index in [2.05, 4.69) is 30.8 Å². The molecule has 0 radical (unpaired) electrons. The number of phenolic OH excluding ortho intramolecular Hbond substituents is 1. The number of aromatic nitrogens is 4. The summed E-state index contributed by atoms with van der Waals surface area (Å²) in [5, 5.41) is 36.9. The Hall–Kier alpha value is -4.51. The predicted octanol–water partition coefficient (Wildman–Crippen LogP) is 3.61. The molecule has 34 heavy (non-hydrogen) atoms. The number of nitrogens with one attached hydrogen (secondary N) is 3. The van der Waals surface area contributed by atoms with Crippen LogP contribution in [0.4, 0.5) is 10.9 Å². The fraction of sp³-hybridized carbons (Fsp3) is 0.0870. The maximum absolute atomic E-state index is 13.1. The van der Waals surface area contributed by atoms with E-state index in [1.54, 1.807) is 24.3 Å².